The van der Waals surface area contributed by atoms with E-state index in [9.17, 15) is 0 Å². The standard InChI is InChI=1S/C11H13IO/c12-10-6-7-13-11(8-10)9-4-2-1-3-5-9/h1-5,10-11H,6-8H2/t10-,11-/m1/s1. The highest BCUT2D eigenvalue weighted by atomic mass is 127. The molecule has 70 valence electrons. The van der Waals surface area contributed by atoms with Gasteiger partial charge in [-0.2, -0.15) is 0 Å². The minimum atomic E-state index is 0.330. The molecule has 13 heavy (non-hydrogen) atoms. The number of alkyl halides is 1. The number of halogens is 1. The van der Waals surface area contributed by atoms with Crippen LogP contribution < -0.4 is 0 Å². The lowest BCUT2D eigenvalue weighted by Crippen LogP contribution is -2.19. The SMILES string of the molecule is I[C@@H]1CCO[C@@H](c2ccccc2)C1. The van der Waals surface area contributed by atoms with E-state index >= 15 is 0 Å². The third-order valence-corrected chi connectivity index (χ3v) is 3.52. The van der Waals surface area contributed by atoms with Crippen molar-refractivity contribution in [2.75, 3.05) is 6.61 Å². The summed E-state index contributed by atoms with van der Waals surface area (Å²) in [7, 11) is 0. The molecule has 1 heterocycles. The molecule has 1 fully saturated rings. The zero-order valence-corrected chi connectivity index (χ0v) is 9.61. The molecule has 1 aromatic rings. The van der Waals surface area contributed by atoms with Gasteiger partial charge in [-0.05, 0) is 18.4 Å². The van der Waals surface area contributed by atoms with Gasteiger partial charge < -0.3 is 4.74 Å². The van der Waals surface area contributed by atoms with Crippen LogP contribution in [0.15, 0.2) is 30.3 Å². The van der Waals surface area contributed by atoms with Gasteiger partial charge in [0.05, 0.1) is 6.10 Å². The first-order chi connectivity index (χ1) is 6.36. The number of rotatable bonds is 1. The van der Waals surface area contributed by atoms with Crippen molar-refractivity contribution in [3.05, 3.63) is 35.9 Å². The Bertz CT molecular complexity index is 260. The van der Waals surface area contributed by atoms with Gasteiger partial charge in [-0.3, -0.25) is 0 Å². The Kier molecular flexibility index (Phi) is 3.22. The van der Waals surface area contributed by atoms with E-state index in [1.54, 1.807) is 0 Å². The van der Waals surface area contributed by atoms with Gasteiger partial charge in [0, 0.05) is 10.5 Å². The van der Waals surface area contributed by atoms with Crippen LogP contribution in [0.1, 0.15) is 24.5 Å². The van der Waals surface area contributed by atoms with Gasteiger partial charge in [0.1, 0.15) is 0 Å². The maximum atomic E-state index is 5.73. The van der Waals surface area contributed by atoms with Crippen LogP contribution in [-0.2, 0) is 4.74 Å². The van der Waals surface area contributed by atoms with Gasteiger partial charge in [0.2, 0.25) is 0 Å². The van der Waals surface area contributed by atoms with Crippen LogP contribution in [0.2, 0.25) is 0 Å². The van der Waals surface area contributed by atoms with Gasteiger partial charge in [0.15, 0.2) is 0 Å². The molecule has 1 aromatic carbocycles. The zero-order valence-electron chi connectivity index (χ0n) is 7.45. The van der Waals surface area contributed by atoms with Crippen LogP contribution in [0.3, 0.4) is 0 Å². The third kappa shape index (κ3) is 2.44. The summed E-state index contributed by atoms with van der Waals surface area (Å²) in [4.78, 5) is 0. The fourth-order valence-electron chi connectivity index (χ4n) is 1.66. The molecule has 0 radical (unpaired) electrons. The van der Waals surface area contributed by atoms with Crippen LogP contribution in [0.4, 0.5) is 0 Å². The molecule has 2 atom stereocenters. The second kappa shape index (κ2) is 4.42. The van der Waals surface area contributed by atoms with Crippen LogP contribution in [0.25, 0.3) is 0 Å². The monoisotopic (exact) mass is 288 g/mol. The molecule has 0 aromatic heterocycles. The highest BCUT2D eigenvalue weighted by molar-refractivity contribution is 14.1. The minimum absolute atomic E-state index is 0.330. The molecule has 1 nitrogen and oxygen atoms in total. The van der Waals surface area contributed by atoms with Gasteiger partial charge in [-0.25, -0.2) is 0 Å². The molecule has 0 saturated carbocycles. The van der Waals surface area contributed by atoms with Crippen molar-refractivity contribution >= 4 is 22.6 Å². The van der Waals surface area contributed by atoms with Crippen molar-refractivity contribution in [1.82, 2.24) is 0 Å². The fraction of sp³-hybridized carbons (Fsp3) is 0.455. The Balaban J connectivity index is 2.08. The second-order valence-corrected chi connectivity index (χ2v) is 5.15. The zero-order chi connectivity index (χ0) is 9.10. The lowest BCUT2D eigenvalue weighted by Gasteiger charge is -2.26. The molecular weight excluding hydrogens is 275 g/mol. The molecule has 1 saturated heterocycles. The summed E-state index contributed by atoms with van der Waals surface area (Å²) in [5.74, 6) is 0. The Morgan fingerprint density at radius 2 is 2.00 bits per heavy atom. The summed E-state index contributed by atoms with van der Waals surface area (Å²) < 4.78 is 6.50. The normalized spacial score (nSPS) is 28.7. The predicted octanol–water partition coefficient (Wildman–Crippen LogP) is 3.34. The quantitative estimate of drug-likeness (QED) is 0.569. The lowest BCUT2D eigenvalue weighted by atomic mass is 10.0. The van der Waals surface area contributed by atoms with Crippen molar-refractivity contribution in [3.8, 4) is 0 Å². The van der Waals surface area contributed by atoms with E-state index in [-0.39, 0.29) is 0 Å². The summed E-state index contributed by atoms with van der Waals surface area (Å²) in [5.41, 5.74) is 1.32. The van der Waals surface area contributed by atoms with Gasteiger partial charge >= 0.3 is 0 Å². The van der Waals surface area contributed by atoms with Crippen LogP contribution in [0, 0.1) is 0 Å². The van der Waals surface area contributed by atoms with Crippen molar-refractivity contribution in [3.63, 3.8) is 0 Å². The first kappa shape index (κ1) is 9.46. The van der Waals surface area contributed by atoms with E-state index in [2.05, 4.69) is 46.9 Å². The van der Waals surface area contributed by atoms with E-state index in [0.717, 1.165) is 17.0 Å². The summed E-state index contributed by atoms with van der Waals surface area (Å²) >= 11 is 2.52. The molecule has 2 heteroatoms. The minimum Gasteiger partial charge on any atom is -0.373 e. The molecule has 0 amide bonds. The van der Waals surface area contributed by atoms with Crippen molar-refractivity contribution in [2.45, 2.75) is 22.9 Å². The van der Waals surface area contributed by atoms with Crippen molar-refractivity contribution in [1.29, 1.82) is 0 Å². The summed E-state index contributed by atoms with van der Waals surface area (Å²) in [6, 6.07) is 10.5. The molecule has 0 N–H and O–H groups in total. The summed E-state index contributed by atoms with van der Waals surface area (Å²) in [6.07, 6.45) is 2.69. The Morgan fingerprint density at radius 3 is 2.69 bits per heavy atom. The molecule has 0 unspecified atom stereocenters. The van der Waals surface area contributed by atoms with Crippen molar-refractivity contribution < 1.29 is 4.74 Å². The molecule has 1 aliphatic rings. The summed E-state index contributed by atoms with van der Waals surface area (Å²) in [6.45, 7) is 0.910. The van der Waals surface area contributed by atoms with Gasteiger partial charge in [0.25, 0.3) is 0 Å². The fourth-order valence-corrected chi connectivity index (χ4v) is 2.37. The second-order valence-electron chi connectivity index (χ2n) is 3.39. The van der Waals surface area contributed by atoms with Crippen LogP contribution in [0.5, 0.6) is 0 Å². The molecular formula is C11H13IO. The van der Waals surface area contributed by atoms with E-state index in [1.165, 1.54) is 12.0 Å². The van der Waals surface area contributed by atoms with Gasteiger partial charge in [-0.1, -0.05) is 52.9 Å². The van der Waals surface area contributed by atoms with Gasteiger partial charge in [-0.15, -0.1) is 0 Å². The Labute approximate surface area is 92.6 Å². The number of hydrogen-bond acceptors (Lipinski definition) is 1. The Hall–Kier alpha value is -0.0900. The molecule has 0 spiro atoms. The maximum Gasteiger partial charge on any atom is 0.0834 e. The predicted molar refractivity (Wildman–Crippen MR) is 62.2 cm³/mol. The van der Waals surface area contributed by atoms with Crippen molar-refractivity contribution in [2.24, 2.45) is 0 Å². The number of ether oxygens (including phenoxy) is 1. The van der Waals surface area contributed by atoms with E-state index < -0.39 is 0 Å². The highest BCUT2D eigenvalue weighted by Crippen LogP contribution is 2.31. The molecule has 2 rings (SSSR count). The van der Waals surface area contributed by atoms with E-state index in [0.29, 0.717) is 6.10 Å². The van der Waals surface area contributed by atoms with E-state index in [4.69, 9.17) is 4.74 Å². The largest absolute Gasteiger partial charge is 0.373 e. The molecule has 0 bridgehead atoms. The van der Waals surface area contributed by atoms with E-state index in [1.807, 2.05) is 6.07 Å². The molecule has 1 aliphatic heterocycles. The topological polar surface area (TPSA) is 9.23 Å². The average molecular weight is 288 g/mol. The van der Waals surface area contributed by atoms with Crippen LogP contribution in [-0.4, -0.2) is 10.5 Å². The number of hydrogen-bond donors (Lipinski definition) is 0. The Morgan fingerprint density at radius 1 is 1.23 bits per heavy atom. The number of benzene rings is 1. The highest BCUT2D eigenvalue weighted by Gasteiger charge is 2.21. The first-order valence-corrected chi connectivity index (χ1v) is 5.91. The first-order valence-electron chi connectivity index (χ1n) is 4.67. The molecule has 0 aliphatic carbocycles. The maximum absolute atomic E-state index is 5.73. The van der Waals surface area contributed by atoms with Crippen LogP contribution >= 0.6 is 22.6 Å². The average Bonchev–Trinajstić information content (AvgIpc) is 2.19. The smallest absolute Gasteiger partial charge is 0.0834 e. The third-order valence-electron chi connectivity index (χ3n) is 2.39. The summed E-state index contributed by atoms with van der Waals surface area (Å²) in [5, 5.41) is 0. The lowest BCUT2D eigenvalue weighted by molar-refractivity contribution is 0.0199.